The van der Waals surface area contributed by atoms with E-state index in [0.29, 0.717) is 46.1 Å². The summed E-state index contributed by atoms with van der Waals surface area (Å²) in [6.45, 7) is 19.9. The van der Waals surface area contributed by atoms with Crippen LogP contribution >= 0.6 is 0 Å². The van der Waals surface area contributed by atoms with Crippen LogP contribution in [-0.4, -0.2) is 20.8 Å². The van der Waals surface area contributed by atoms with Crippen molar-refractivity contribution >= 4 is 66.4 Å². The Balaban J connectivity index is 1.11. The highest BCUT2D eigenvalue weighted by molar-refractivity contribution is 6.16. The van der Waals surface area contributed by atoms with Gasteiger partial charge in [-0.2, -0.15) is 0 Å². The molecular formula is C62H60N5O+. The van der Waals surface area contributed by atoms with Crippen LogP contribution in [-0.2, 0) is 16.2 Å². The SMILES string of the molecule is [2H]c1c([2H])c([2H])c2c(c1[2H])c1c([2H])c([2H])c([2H])c([2H])c1n2-c1cc(Oc2cccc([N@@+]34[CH-][N@@+](c5cc(C(C)(C)C)cc(C(C)(C)C)c5)(C3)c3c(C([2H])([2H])[2H])cccc34)c2)cc2c1c1ccccc1n2-c1cc(C(C)(C)C)ccn1. The van der Waals surface area contributed by atoms with Gasteiger partial charge < -0.3 is 9.30 Å². The van der Waals surface area contributed by atoms with E-state index in [-0.39, 0.29) is 47.0 Å². The van der Waals surface area contributed by atoms with E-state index < -0.39 is 55.2 Å². The number of hydrogen-bond donors (Lipinski definition) is 0. The second-order valence-corrected chi connectivity index (χ2v) is 21.7. The van der Waals surface area contributed by atoms with Gasteiger partial charge in [0.2, 0.25) is 0 Å². The quantitative estimate of drug-likeness (QED) is 0.123. The first-order valence-corrected chi connectivity index (χ1v) is 23.3. The predicted molar refractivity (Wildman–Crippen MR) is 285 cm³/mol. The Kier molecular flexibility index (Phi) is 6.80. The minimum absolute atomic E-state index is 0.0179. The number of aryl methyl sites for hydroxylation is 1. The van der Waals surface area contributed by atoms with E-state index >= 15 is 0 Å². The minimum Gasteiger partial charge on any atom is -0.457 e. The molecule has 13 rings (SSSR count). The summed E-state index contributed by atoms with van der Waals surface area (Å²) in [7, 11) is 0. The lowest BCUT2D eigenvalue weighted by atomic mass is 9.80. The first kappa shape index (κ1) is 31.9. The summed E-state index contributed by atoms with van der Waals surface area (Å²) in [6.07, 6.45) is 1.78. The monoisotopic (exact) mass is 902 g/mol. The molecule has 0 N–H and O–H groups in total. The van der Waals surface area contributed by atoms with Crippen LogP contribution in [0.25, 0.3) is 55.1 Å². The van der Waals surface area contributed by atoms with Crippen molar-refractivity contribution in [1.29, 1.82) is 0 Å². The zero-order valence-electron chi connectivity index (χ0n) is 50.9. The van der Waals surface area contributed by atoms with Crippen LogP contribution in [0.1, 0.15) is 99.6 Å². The zero-order chi connectivity index (χ0) is 56.6. The maximum absolute atomic E-state index is 9.48. The third kappa shape index (κ3) is 6.27. The second-order valence-electron chi connectivity index (χ2n) is 21.7. The molecule has 68 heavy (non-hydrogen) atoms. The molecule has 0 unspecified atom stereocenters. The molecule has 1 saturated heterocycles. The Bertz CT molecular complexity index is 4170. The van der Waals surface area contributed by atoms with Gasteiger partial charge in [0.25, 0.3) is 0 Å². The average Bonchev–Trinajstić information content (AvgIpc) is 1.75. The molecule has 6 nitrogen and oxygen atoms in total. The molecule has 338 valence electrons. The van der Waals surface area contributed by atoms with Crippen LogP contribution < -0.4 is 13.7 Å². The predicted octanol–water partition coefficient (Wildman–Crippen LogP) is 16.7. The molecule has 2 bridgehead atoms. The summed E-state index contributed by atoms with van der Waals surface area (Å²) in [5.41, 5.74) is 8.11. The lowest BCUT2D eigenvalue weighted by Gasteiger charge is -2.56. The summed E-state index contributed by atoms with van der Waals surface area (Å²) in [5, 5.41) is 1.29. The standard InChI is InChI=1S/C62H60N5O/c1-40-19-17-28-56-59(40)67(45-32-42(61(5,6)7)31-43(33-45)62(8,9)10)38-66(56,39-67)44-20-18-21-46(35-44)68-47-36-54(64-51-25-14-11-22-48(51)49-23-12-15-26-52(49)64)58-50-24-13-16-27-53(50)65(55(58)37-47)57-34-41(29-30-63-57)60(2,3)4/h11-38H,39H2,1-10H3/q+1/t66-,67+/m1/s1/i1D3,11D,12D,14D,15D,22D,23D,25D,26D. The van der Waals surface area contributed by atoms with Gasteiger partial charge in [0.05, 0.1) is 45.4 Å². The fourth-order valence-electron chi connectivity index (χ4n) is 10.6. The molecule has 3 aromatic heterocycles. The number of hydrogen-bond acceptors (Lipinski definition) is 2. The Labute approximate surface area is 415 Å². The van der Waals surface area contributed by atoms with Crippen LogP contribution in [0.4, 0.5) is 22.7 Å². The van der Waals surface area contributed by atoms with Crippen molar-refractivity contribution in [1.82, 2.24) is 23.1 Å². The highest BCUT2D eigenvalue weighted by Crippen LogP contribution is 2.66. The third-order valence-electron chi connectivity index (χ3n) is 14.1. The van der Waals surface area contributed by atoms with Crippen LogP contribution in [0.5, 0.6) is 11.5 Å². The molecule has 0 amide bonds. The van der Waals surface area contributed by atoms with Crippen LogP contribution in [0, 0.1) is 13.5 Å². The smallest absolute Gasteiger partial charge is 0.186 e. The molecule has 1 fully saturated rings. The number of pyridine rings is 1. The second kappa shape index (κ2) is 14.5. The molecule has 0 radical (unpaired) electrons. The highest BCUT2D eigenvalue weighted by atomic mass is 16.5. The third-order valence-corrected chi connectivity index (χ3v) is 14.1. The number of ether oxygens (including phenoxy) is 1. The summed E-state index contributed by atoms with van der Waals surface area (Å²) < 4.78 is 111. The van der Waals surface area contributed by atoms with Gasteiger partial charge in [-0.3, -0.25) is 13.5 Å². The topological polar surface area (TPSA) is 32.0 Å². The normalized spacial score (nSPS) is 20.6. The number of nitrogens with zero attached hydrogens (tertiary/aromatic N) is 5. The number of aromatic nitrogens is 3. The van der Waals surface area contributed by atoms with Crippen molar-refractivity contribution in [3.63, 3.8) is 0 Å². The zero-order valence-corrected chi connectivity index (χ0v) is 39.9. The maximum atomic E-state index is 9.48. The number of fused-ring (bicyclic) bond motifs is 6. The van der Waals surface area contributed by atoms with Gasteiger partial charge in [0.15, 0.2) is 18.0 Å². The van der Waals surface area contributed by atoms with Gasteiger partial charge in [-0.15, -0.1) is 0 Å². The lowest BCUT2D eigenvalue weighted by Crippen LogP contribution is -2.67. The van der Waals surface area contributed by atoms with Crippen molar-refractivity contribution in [2.45, 2.75) is 85.4 Å². The van der Waals surface area contributed by atoms with Crippen LogP contribution in [0.15, 0.2) is 164 Å². The summed E-state index contributed by atoms with van der Waals surface area (Å²) in [4.78, 5) is 4.94. The molecule has 6 heteroatoms. The largest absolute Gasteiger partial charge is 0.457 e. The summed E-state index contributed by atoms with van der Waals surface area (Å²) in [6, 6.07) is 31.8. The van der Waals surface area contributed by atoms with Crippen LogP contribution in [0.2, 0.25) is 0 Å². The lowest BCUT2D eigenvalue weighted by molar-refractivity contribution is 0.186. The number of benzene rings is 7. The Morgan fingerprint density at radius 2 is 1.24 bits per heavy atom. The number of quaternary nitrogens is 2. The fourth-order valence-corrected chi connectivity index (χ4v) is 10.6. The maximum Gasteiger partial charge on any atom is 0.186 e. The molecule has 10 aromatic rings. The van der Waals surface area contributed by atoms with Gasteiger partial charge >= 0.3 is 0 Å². The van der Waals surface area contributed by atoms with E-state index in [1.807, 2.05) is 83.4 Å². The molecule has 0 saturated carbocycles. The van der Waals surface area contributed by atoms with Gasteiger partial charge in [-0.05, 0) is 82.2 Å². The highest BCUT2D eigenvalue weighted by Gasteiger charge is 2.63. The van der Waals surface area contributed by atoms with Gasteiger partial charge in [-0.1, -0.05) is 141 Å². The van der Waals surface area contributed by atoms with Gasteiger partial charge in [0, 0.05) is 73.8 Å². The number of rotatable bonds is 6. The first-order chi connectivity index (χ1) is 37.0. The molecule has 0 aliphatic carbocycles. The van der Waals surface area contributed by atoms with Gasteiger partial charge in [0.1, 0.15) is 28.7 Å². The molecule has 3 aliphatic rings. The van der Waals surface area contributed by atoms with E-state index in [4.69, 9.17) is 19.3 Å². The molecule has 7 aromatic carbocycles. The van der Waals surface area contributed by atoms with Crippen LogP contribution in [0.3, 0.4) is 0 Å². The summed E-state index contributed by atoms with van der Waals surface area (Å²) >= 11 is 0. The Hall–Kier alpha value is -6.99. The molecule has 2 atom stereocenters. The number of para-hydroxylation sites is 4. The molecule has 0 spiro atoms. The average molecular weight is 902 g/mol. The molecule has 3 aliphatic heterocycles. The van der Waals surface area contributed by atoms with Crippen molar-refractivity contribution in [2.24, 2.45) is 0 Å². The Morgan fingerprint density at radius 3 is 1.91 bits per heavy atom. The fraction of sp³-hybridized carbons (Fsp3) is 0.226. The minimum atomic E-state index is -2.41. The van der Waals surface area contributed by atoms with Crippen molar-refractivity contribution < 1.29 is 19.8 Å². The van der Waals surface area contributed by atoms with Gasteiger partial charge in [-0.25, -0.2) is 4.98 Å². The Morgan fingerprint density at radius 1 is 0.574 bits per heavy atom. The first-order valence-electron chi connectivity index (χ1n) is 28.8. The van der Waals surface area contributed by atoms with Crippen molar-refractivity contribution in [2.75, 3.05) is 6.67 Å². The van der Waals surface area contributed by atoms with E-state index in [1.165, 1.54) is 0 Å². The van der Waals surface area contributed by atoms with E-state index in [9.17, 15) is 5.48 Å². The van der Waals surface area contributed by atoms with Crippen molar-refractivity contribution in [3.05, 3.63) is 193 Å². The molecular weight excluding hydrogens is 831 g/mol. The van der Waals surface area contributed by atoms with E-state index in [1.54, 1.807) is 22.9 Å². The van der Waals surface area contributed by atoms with E-state index in [2.05, 4.69) is 87.2 Å². The molecule has 6 heterocycles. The van der Waals surface area contributed by atoms with Crippen molar-refractivity contribution in [3.8, 4) is 23.0 Å². The summed E-state index contributed by atoms with van der Waals surface area (Å²) in [5.74, 6) is 1.36. The van der Waals surface area contributed by atoms with E-state index in [0.717, 1.165) is 50.3 Å².